The third kappa shape index (κ3) is 3.32. The van der Waals surface area contributed by atoms with Crippen LogP contribution in [0.1, 0.15) is 21.5 Å². The van der Waals surface area contributed by atoms with E-state index >= 15 is 0 Å². The minimum atomic E-state index is -0.126. The van der Waals surface area contributed by atoms with Gasteiger partial charge in [0.25, 0.3) is 5.91 Å². The van der Waals surface area contributed by atoms with Gasteiger partial charge in [0.05, 0.1) is 5.56 Å². The normalized spacial score (nSPS) is 10.3. The number of hydrogen-bond acceptors (Lipinski definition) is 2. The molecule has 0 aliphatic carbocycles. The van der Waals surface area contributed by atoms with Gasteiger partial charge in [-0.2, -0.15) is 0 Å². The second-order valence-electron chi connectivity index (χ2n) is 4.49. The minimum Gasteiger partial charge on any atom is -0.337 e. The molecule has 2 rings (SSSR count). The van der Waals surface area contributed by atoms with Crippen molar-refractivity contribution in [1.29, 1.82) is 0 Å². The van der Waals surface area contributed by atoms with E-state index in [1.165, 1.54) is 5.56 Å². The predicted molar refractivity (Wildman–Crippen MR) is 76.2 cm³/mol. The molecule has 0 atom stereocenters. The molecule has 0 radical (unpaired) electrons. The molecule has 1 heterocycles. The Hall–Kier alpha value is -1.87. The van der Waals surface area contributed by atoms with Gasteiger partial charge in [0.2, 0.25) is 0 Å². The first kappa shape index (κ1) is 13.6. The van der Waals surface area contributed by atoms with Gasteiger partial charge in [-0.05, 0) is 24.6 Å². The fraction of sp³-hybridized carbons (Fsp3) is 0.200. The monoisotopic (exact) mass is 274 g/mol. The molecule has 1 aromatic carbocycles. The number of rotatable bonds is 3. The molecule has 0 aliphatic rings. The first-order valence-electron chi connectivity index (χ1n) is 5.99. The molecule has 0 bridgehead atoms. The Morgan fingerprint density at radius 2 is 1.95 bits per heavy atom. The zero-order chi connectivity index (χ0) is 13.8. The summed E-state index contributed by atoms with van der Waals surface area (Å²) in [4.78, 5) is 17.8. The molecule has 0 spiro atoms. The Morgan fingerprint density at radius 1 is 1.26 bits per heavy atom. The number of carbonyl (C=O) groups excluding carboxylic acids is 1. The molecular weight excluding hydrogens is 260 g/mol. The summed E-state index contributed by atoms with van der Waals surface area (Å²) in [5.41, 5.74) is 2.72. The van der Waals surface area contributed by atoms with Crippen LogP contribution >= 0.6 is 11.6 Å². The van der Waals surface area contributed by atoms with Crippen LogP contribution in [0, 0.1) is 6.92 Å². The van der Waals surface area contributed by atoms with Gasteiger partial charge < -0.3 is 4.90 Å². The maximum absolute atomic E-state index is 12.2. The summed E-state index contributed by atoms with van der Waals surface area (Å²) in [7, 11) is 1.76. The summed E-state index contributed by atoms with van der Waals surface area (Å²) < 4.78 is 0. The van der Waals surface area contributed by atoms with Crippen molar-refractivity contribution in [2.45, 2.75) is 13.5 Å². The van der Waals surface area contributed by atoms with Crippen molar-refractivity contribution in [1.82, 2.24) is 9.88 Å². The molecular formula is C15H15ClN2O. The fourth-order valence-corrected chi connectivity index (χ4v) is 1.99. The van der Waals surface area contributed by atoms with Crippen molar-refractivity contribution in [2.75, 3.05) is 7.05 Å². The molecule has 0 unspecified atom stereocenters. The Labute approximate surface area is 117 Å². The van der Waals surface area contributed by atoms with E-state index in [-0.39, 0.29) is 11.1 Å². The van der Waals surface area contributed by atoms with Gasteiger partial charge in [0, 0.05) is 19.8 Å². The maximum Gasteiger partial charge on any atom is 0.257 e. The van der Waals surface area contributed by atoms with Crippen LogP contribution in [-0.2, 0) is 6.54 Å². The van der Waals surface area contributed by atoms with Crippen LogP contribution in [-0.4, -0.2) is 22.8 Å². The van der Waals surface area contributed by atoms with E-state index in [0.29, 0.717) is 12.1 Å². The van der Waals surface area contributed by atoms with Gasteiger partial charge in [-0.1, -0.05) is 41.4 Å². The lowest BCUT2D eigenvalue weighted by molar-refractivity contribution is 0.0785. The third-order valence-corrected chi connectivity index (χ3v) is 3.18. The predicted octanol–water partition coefficient (Wildman–Crippen LogP) is 3.32. The van der Waals surface area contributed by atoms with Crippen LogP contribution in [0.15, 0.2) is 42.6 Å². The van der Waals surface area contributed by atoms with E-state index in [9.17, 15) is 4.79 Å². The molecule has 3 nitrogen and oxygen atoms in total. The molecule has 1 amide bonds. The SMILES string of the molecule is Cc1ccc(CN(C)C(=O)c2cccnc2Cl)cc1. The summed E-state index contributed by atoms with van der Waals surface area (Å²) in [6.45, 7) is 2.58. The van der Waals surface area contributed by atoms with Crippen LogP contribution in [0.3, 0.4) is 0 Å². The molecule has 0 saturated carbocycles. The number of amides is 1. The zero-order valence-electron chi connectivity index (χ0n) is 10.9. The largest absolute Gasteiger partial charge is 0.337 e. The van der Waals surface area contributed by atoms with E-state index in [0.717, 1.165) is 5.56 Å². The van der Waals surface area contributed by atoms with Gasteiger partial charge in [-0.15, -0.1) is 0 Å². The second-order valence-corrected chi connectivity index (χ2v) is 4.85. The fourth-order valence-electron chi connectivity index (χ4n) is 1.79. The molecule has 0 N–H and O–H groups in total. The number of halogens is 1. The summed E-state index contributed by atoms with van der Waals surface area (Å²) in [5.74, 6) is -0.126. The number of aromatic nitrogens is 1. The van der Waals surface area contributed by atoms with Gasteiger partial charge in [-0.3, -0.25) is 4.79 Å². The topological polar surface area (TPSA) is 33.2 Å². The zero-order valence-corrected chi connectivity index (χ0v) is 11.7. The third-order valence-electron chi connectivity index (χ3n) is 2.88. The summed E-state index contributed by atoms with van der Waals surface area (Å²) in [6.07, 6.45) is 1.57. The Balaban J connectivity index is 2.12. The number of benzene rings is 1. The number of carbonyl (C=O) groups is 1. The van der Waals surface area contributed by atoms with Crippen molar-refractivity contribution < 1.29 is 4.79 Å². The highest BCUT2D eigenvalue weighted by atomic mass is 35.5. The second kappa shape index (κ2) is 5.85. The number of nitrogens with zero attached hydrogens (tertiary/aromatic N) is 2. The van der Waals surface area contributed by atoms with Gasteiger partial charge in [0.1, 0.15) is 5.15 Å². The van der Waals surface area contributed by atoms with Crippen LogP contribution in [0.4, 0.5) is 0 Å². The van der Waals surface area contributed by atoms with E-state index in [1.54, 1.807) is 30.3 Å². The van der Waals surface area contributed by atoms with Crippen LogP contribution < -0.4 is 0 Å². The van der Waals surface area contributed by atoms with Gasteiger partial charge in [-0.25, -0.2) is 4.98 Å². The highest BCUT2D eigenvalue weighted by Crippen LogP contribution is 2.15. The van der Waals surface area contributed by atoms with Crippen LogP contribution in [0.5, 0.6) is 0 Å². The standard InChI is InChI=1S/C15H15ClN2O/c1-11-5-7-12(8-6-11)10-18(2)15(19)13-4-3-9-17-14(13)16/h3-9H,10H2,1-2H3. The molecule has 19 heavy (non-hydrogen) atoms. The molecule has 98 valence electrons. The summed E-state index contributed by atoms with van der Waals surface area (Å²) in [5, 5.41) is 0.239. The van der Waals surface area contributed by atoms with Crippen LogP contribution in [0.25, 0.3) is 0 Å². The highest BCUT2D eigenvalue weighted by molar-refractivity contribution is 6.32. The molecule has 1 aromatic heterocycles. The minimum absolute atomic E-state index is 0.126. The van der Waals surface area contributed by atoms with E-state index in [4.69, 9.17) is 11.6 Å². The van der Waals surface area contributed by atoms with Gasteiger partial charge >= 0.3 is 0 Å². The number of pyridine rings is 1. The average molecular weight is 275 g/mol. The van der Waals surface area contributed by atoms with Gasteiger partial charge in [0.15, 0.2) is 0 Å². The van der Waals surface area contributed by atoms with Crippen molar-refractivity contribution in [3.63, 3.8) is 0 Å². The molecule has 0 aliphatic heterocycles. The maximum atomic E-state index is 12.2. The lowest BCUT2D eigenvalue weighted by atomic mass is 10.1. The average Bonchev–Trinajstić information content (AvgIpc) is 2.41. The smallest absolute Gasteiger partial charge is 0.257 e. The lowest BCUT2D eigenvalue weighted by Crippen LogP contribution is -2.26. The molecule has 4 heteroatoms. The highest BCUT2D eigenvalue weighted by Gasteiger charge is 2.15. The van der Waals surface area contributed by atoms with E-state index in [2.05, 4.69) is 4.98 Å². The lowest BCUT2D eigenvalue weighted by Gasteiger charge is -2.17. The first-order chi connectivity index (χ1) is 9.08. The quantitative estimate of drug-likeness (QED) is 0.805. The van der Waals surface area contributed by atoms with Crippen molar-refractivity contribution >= 4 is 17.5 Å². The molecule has 2 aromatic rings. The Morgan fingerprint density at radius 3 is 2.58 bits per heavy atom. The van der Waals surface area contributed by atoms with Crippen LogP contribution in [0.2, 0.25) is 5.15 Å². The number of hydrogen-bond donors (Lipinski definition) is 0. The first-order valence-corrected chi connectivity index (χ1v) is 6.37. The van der Waals surface area contributed by atoms with Crippen molar-refractivity contribution in [3.8, 4) is 0 Å². The van der Waals surface area contributed by atoms with Crippen molar-refractivity contribution in [2.24, 2.45) is 0 Å². The Kier molecular flexibility index (Phi) is 4.17. The summed E-state index contributed by atoms with van der Waals surface area (Å²) >= 11 is 5.93. The van der Waals surface area contributed by atoms with E-state index in [1.807, 2.05) is 31.2 Å². The van der Waals surface area contributed by atoms with E-state index < -0.39 is 0 Å². The number of aryl methyl sites for hydroxylation is 1. The summed E-state index contributed by atoms with van der Waals surface area (Å²) in [6, 6.07) is 11.5. The molecule has 0 fully saturated rings. The Bertz CT molecular complexity index is 581. The van der Waals surface area contributed by atoms with Crippen molar-refractivity contribution in [3.05, 3.63) is 64.4 Å². The molecule has 0 saturated heterocycles.